The van der Waals surface area contributed by atoms with Gasteiger partial charge in [-0.25, -0.2) is 0 Å². The molecule has 0 saturated carbocycles. The first-order chi connectivity index (χ1) is 14.9. The van der Waals surface area contributed by atoms with Crippen LogP contribution in [-0.4, -0.2) is 42.2 Å². The molecule has 2 rings (SSSR count). The third-order valence-corrected chi connectivity index (χ3v) is 6.39. The molecule has 0 unspecified atom stereocenters. The molecular weight excluding hydrogens is 455 g/mol. The molecule has 0 bridgehead atoms. The summed E-state index contributed by atoms with van der Waals surface area (Å²) in [4.78, 5) is 27.3. The molecule has 168 valence electrons. The molecule has 0 saturated heterocycles. The van der Waals surface area contributed by atoms with E-state index in [1.165, 1.54) is 11.8 Å². The average Bonchev–Trinajstić information content (AvgIpc) is 2.77. The number of nitrogens with one attached hydrogen (secondary N) is 1. The van der Waals surface area contributed by atoms with E-state index in [1.807, 2.05) is 31.2 Å². The monoisotopic (exact) mass is 482 g/mol. The van der Waals surface area contributed by atoms with Crippen LogP contribution in [0.15, 0.2) is 42.5 Å². The maximum absolute atomic E-state index is 13.1. The Bertz CT molecular complexity index is 875. The number of rotatable bonds is 11. The number of carbonyl (C=O) groups excluding carboxylic acids is 2. The van der Waals surface area contributed by atoms with Crippen molar-refractivity contribution in [3.63, 3.8) is 0 Å². The average molecular weight is 483 g/mol. The van der Waals surface area contributed by atoms with Crippen LogP contribution < -0.4 is 10.1 Å². The fourth-order valence-electron chi connectivity index (χ4n) is 2.94. The van der Waals surface area contributed by atoms with Gasteiger partial charge in [0.15, 0.2) is 0 Å². The maximum atomic E-state index is 13.1. The van der Waals surface area contributed by atoms with E-state index in [4.69, 9.17) is 27.9 Å². The first-order valence-corrected chi connectivity index (χ1v) is 12.0. The molecule has 0 heterocycles. The number of methoxy groups -OCH3 is 1. The van der Waals surface area contributed by atoms with Crippen molar-refractivity contribution in [2.24, 2.45) is 0 Å². The maximum Gasteiger partial charge on any atom is 0.242 e. The third kappa shape index (κ3) is 7.63. The van der Waals surface area contributed by atoms with Gasteiger partial charge in [-0.3, -0.25) is 9.59 Å². The Balaban J connectivity index is 2.11. The summed E-state index contributed by atoms with van der Waals surface area (Å²) in [5.41, 5.74) is 1.69. The van der Waals surface area contributed by atoms with Crippen LogP contribution >= 0.6 is 35.0 Å². The highest BCUT2D eigenvalue weighted by molar-refractivity contribution is 7.99. The number of hydrogen-bond acceptors (Lipinski definition) is 4. The van der Waals surface area contributed by atoms with Crippen molar-refractivity contribution in [1.82, 2.24) is 10.2 Å². The summed E-state index contributed by atoms with van der Waals surface area (Å²) in [6.07, 6.45) is 0.830. The Morgan fingerprint density at radius 3 is 2.48 bits per heavy atom. The van der Waals surface area contributed by atoms with Gasteiger partial charge in [-0.15, -0.1) is 11.8 Å². The molecule has 0 aromatic heterocycles. The van der Waals surface area contributed by atoms with Gasteiger partial charge in [0.25, 0.3) is 0 Å². The molecule has 31 heavy (non-hydrogen) atoms. The summed E-state index contributed by atoms with van der Waals surface area (Å²) in [5, 5.41) is 4.03. The van der Waals surface area contributed by atoms with Crippen molar-refractivity contribution in [3.8, 4) is 5.75 Å². The Morgan fingerprint density at radius 1 is 1.16 bits per heavy atom. The second-order valence-electron chi connectivity index (χ2n) is 7.03. The van der Waals surface area contributed by atoms with Gasteiger partial charge in [0.05, 0.1) is 12.9 Å². The minimum atomic E-state index is -0.602. The zero-order valence-electron chi connectivity index (χ0n) is 18.0. The highest BCUT2D eigenvalue weighted by atomic mass is 35.5. The normalized spacial score (nSPS) is 11.6. The summed E-state index contributed by atoms with van der Waals surface area (Å²) in [7, 11) is 1.60. The van der Waals surface area contributed by atoms with Crippen LogP contribution in [0.2, 0.25) is 10.0 Å². The third-order valence-electron chi connectivity index (χ3n) is 4.74. The van der Waals surface area contributed by atoms with Crippen molar-refractivity contribution in [2.45, 2.75) is 38.6 Å². The molecule has 2 aromatic carbocycles. The molecule has 0 fully saturated rings. The SMILES string of the molecule is CCCNC(=O)[C@@H](C)N(Cc1cccc(OC)c1)C(=O)CSCc1c(Cl)cccc1Cl. The summed E-state index contributed by atoms with van der Waals surface area (Å²) in [6, 6.07) is 12.2. The predicted molar refractivity (Wildman–Crippen MR) is 129 cm³/mol. The smallest absolute Gasteiger partial charge is 0.242 e. The number of nitrogens with zero attached hydrogens (tertiary/aromatic N) is 1. The first-order valence-electron chi connectivity index (χ1n) is 10.1. The topological polar surface area (TPSA) is 58.6 Å². The lowest BCUT2D eigenvalue weighted by molar-refractivity contribution is -0.138. The molecule has 8 heteroatoms. The largest absolute Gasteiger partial charge is 0.497 e. The molecule has 0 radical (unpaired) electrons. The van der Waals surface area contributed by atoms with E-state index >= 15 is 0 Å². The van der Waals surface area contributed by atoms with Crippen LogP contribution in [-0.2, 0) is 21.9 Å². The molecule has 0 aliphatic carbocycles. The van der Waals surface area contributed by atoms with E-state index in [-0.39, 0.29) is 17.6 Å². The van der Waals surface area contributed by atoms with Crippen LogP contribution in [0.4, 0.5) is 0 Å². The molecule has 0 spiro atoms. The quantitative estimate of drug-likeness (QED) is 0.479. The van der Waals surface area contributed by atoms with E-state index in [9.17, 15) is 9.59 Å². The Labute approximate surface area is 198 Å². The number of benzene rings is 2. The summed E-state index contributed by atoms with van der Waals surface area (Å²) in [6.45, 7) is 4.62. The van der Waals surface area contributed by atoms with Gasteiger partial charge in [0.1, 0.15) is 11.8 Å². The van der Waals surface area contributed by atoms with E-state index < -0.39 is 6.04 Å². The van der Waals surface area contributed by atoms with Gasteiger partial charge in [0.2, 0.25) is 11.8 Å². The van der Waals surface area contributed by atoms with E-state index in [1.54, 1.807) is 37.1 Å². The number of halogens is 2. The Morgan fingerprint density at radius 2 is 1.84 bits per heavy atom. The second kappa shape index (κ2) is 12.8. The van der Waals surface area contributed by atoms with Crippen LogP contribution in [0.1, 0.15) is 31.4 Å². The molecule has 0 aliphatic rings. The lowest BCUT2D eigenvalue weighted by atomic mass is 10.1. The lowest BCUT2D eigenvalue weighted by Gasteiger charge is -2.29. The lowest BCUT2D eigenvalue weighted by Crippen LogP contribution is -2.48. The van der Waals surface area contributed by atoms with Gasteiger partial charge >= 0.3 is 0 Å². The number of hydrogen-bond donors (Lipinski definition) is 1. The first kappa shape index (κ1) is 25.4. The van der Waals surface area contributed by atoms with E-state index in [2.05, 4.69) is 5.32 Å². The van der Waals surface area contributed by atoms with Crippen molar-refractivity contribution in [2.75, 3.05) is 19.4 Å². The summed E-state index contributed by atoms with van der Waals surface area (Å²) < 4.78 is 5.28. The van der Waals surface area contributed by atoms with Crippen molar-refractivity contribution in [1.29, 1.82) is 0 Å². The number of carbonyl (C=O) groups is 2. The van der Waals surface area contributed by atoms with E-state index in [0.717, 1.165) is 17.5 Å². The van der Waals surface area contributed by atoms with Gasteiger partial charge < -0.3 is 15.0 Å². The van der Waals surface area contributed by atoms with Crippen LogP contribution in [0.3, 0.4) is 0 Å². The highest BCUT2D eigenvalue weighted by Gasteiger charge is 2.26. The summed E-state index contributed by atoms with van der Waals surface area (Å²) >= 11 is 13.9. The van der Waals surface area contributed by atoms with Crippen LogP contribution in [0.5, 0.6) is 5.75 Å². The minimum Gasteiger partial charge on any atom is -0.497 e. The molecule has 1 N–H and O–H groups in total. The molecule has 2 aromatic rings. The van der Waals surface area contributed by atoms with Crippen molar-refractivity contribution in [3.05, 3.63) is 63.6 Å². The fraction of sp³-hybridized carbons (Fsp3) is 0.391. The predicted octanol–water partition coefficient (Wildman–Crippen LogP) is 5.18. The van der Waals surface area contributed by atoms with Gasteiger partial charge in [-0.05, 0) is 48.7 Å². The molecule has 5 nitrogen and oxygen atoms in total. The van der Waals surface area contributed by atoms with Crippen molar-refractivity contribution >= 4 is 46.8 Å². The fourth-order valence-corrected chi connectivity index (χ4v) is 4.59. The van der Waals surface area contributed by atoms with Gasteiger partial charge in [-0.1, -0.05) is 48.3 Å². The molecule has 0 aliphatic heterocycles. The Hall–Kier alpha value is -1.89. The number of thioether (sulfide) groups is 1. The zero-order chi connectivity index (χ0) is 22.8. The van der Waals surface area contributed by atoms with Crippen LogP contribution in [0, 0.1) is 0 Å². The molecule has 1 atom stereocenters. The number of ether oxygens (including phenoxy) is 1. The van der Waals surface area contributed by atoms with Crippen molar-refractivity contribution < 1.29 is 14.3 Å². The standard InChI is InChI=1S/C23H28Cl2N2O3S/c1-4-11-26-23(29)16(2)27(13-17-7-5-8-18(12-17)30-3)22(28)15-31-14-19-20(24)9-6-10-21(19)25/h5-10,12,16H,4,11,13-15H2,1-3H3,(H,26,29)/t16-/m1/s1. The molecular formula is C23H28Cl2N2O3S. The number of amides is 2. The van der Waals surface area contributed by atoms with Gasteiger partial charge in [-0.2, -0.15) is 0 Å². The van der Waals surface area contributed by atoms with Crippen LogP contribution in [0.25, 0.3) is 0 Å². The Kier molecular flexibility index (Phi) is 10.5. The highest BCUT2D eigenvalue weighted by Crippen LogP contribution is 2.28. The zero-order valence-corrected chi connectivity index (χ0v) is 20.3. The van der Waals surface area contributed by atoms with Gasteiger partial charge in [0, 0.05) is 28.9 Å². The van der Waals surface area contributed by atoms with E-state index in [0.29, 0.717) is 34.6 Å². The second-order valence-corrected chi connectivity index (χ2v) is 8.83. The summed E-state index contributed by atoms with van der Waals surface area (Å²) in [5.74, 6) is 1.12. The minimum absolute atomic E-state index is 0.129. The molecule has 2 amide bonds.